The monoisotopic (exact) mass is 193 g/mol. The summed E-state index contributed by atoms with van der Waals surface area (Å²) in [7, 11) is 0. The van der Waals surface area contributed by atoms with E-state index in [-0.39, 0.29) is 5.84 Å². The van der Waals surface area contributed by atoms with Crippen LogP contribution in [-0.4, -0.2) is 28.9 Å². The van der Waals surface area contributed by atoms with Crippen molar-refractivity contribution in [3.05, 3.63) is 18.1 Å². The van der Waals surface area contributed by atoms with Gasteiger partial charge in [-0.05, 0) is 13.8 Å². The van der Waals surface area contributed by atoms with Crippen LogP contribution in [0.2, 0.25) is 0 Å². The Balaban J connectivity index is 3.11. The second-order valence-electron chi connectivity index (χ2n) is 2.81. The third-order valence-electron chi connectivity index (χ3n) is 2.00. The maximum atomic E-state index is 7.37. The number of rotatable bonds is 4. The molecule has 0 unspecified atom stereocenters. The summed E-state index contributed by atoms with van der Waals surface area (Å²) in [6, 6.07) is 0. The molecule has 0 saturated heterocycles. The van der Waals surface area contributed by atoms with Crippen molar-refractivity contribution in [2.24, 2.45) is 5.73 Å². The molecule has 0 bridgehead atoms. The molecule has 1 rings (SSSR count). The summed E-state index contributed by atoms with van der Waals surface area (Å²) in [5, 5.41) is 7.37. The second-order valence-corrected chi connectivity index (χ2v) is 2.81. The Hall–Kier alpha value is -1.65. The highest BCUT2D eigenvalue weighted by Crippen LogP contribution is 2.13. The first-order chi connectivity index (χ1) is 6.70. The van der Waals surface area contributed by atoms with Crippen LogP contribution in [0.15, 0.2) is 12.4 Å². The van der Waals surface area contributed by atoms with Gasteiger partial charge < -0.3 is 10.6 Å². The van der Waals surface area contributed by atoms with E-state index in [0.717, 1.165) is 13.1 Å². The summed E-state index contributed by atoms with van der Waals surface area (Å²) in [4.78, 5) is 10.2. The average Bonchev–Trinajstić information content (AvgIpc) is 2.20. The Morgan fingerprint density at radius 1 is 1.36 bits per heavy atom. The number of hydrogen-bond acceptors (Lipinski definition) is 4. The van der Waals surface area contributed by atoms with Gasteiger partial charge in [-0.25, -0.2) is 9.97 Å². The fraction of sp³-hybridized carbons (Fsp3) is 0.444. The largest absolute Gasteiger partial charge is 0.382 e. The summed E-state index contributed by atoms with van der Waals surface area (Å²) in [6.45, 7) is 5.72. The predicted molar refractivity (Wildman–Crippen MR) is 56.6 cm³/mol. The number of amidine groups is 1. The van der Waals surface area contributed by atoms with Crippen LogP contribution in [0.5, 0.6) is 0 Å². The topological polar surface area (TPSA) is 78.9 Å². The predicted octanol–water partition coefficient (Wildman–Crippen LogP) is 0.607. The van der Waals surface area contributed by atoms with Gasteiger partial charge in [0.2, 0.25) is 0 Å². The minimum absolute atomic E-state index is 0.0417. The van der Waals surface area contributed by atoms with E-state index < -0.39 is 0 Å². The van der Waals surface area contributed by atoms with Gasteiger partial charge in [-0.1, -0.05) is 0 Å². The third-order valence-corrected chi connectivity index (χ3v) is 2.00. The Morgan fingerprint density at radius 3 is 2.43 bits per heavy atom. The van der Waals surface area contributed by atoms with Crippen molar-refractivity contribution in [1.82, 2.24) is 9.97 Å². The lowest BCUT2D eigenvalue weighted by Crippen LogP contribution is -2.27. The lowest BCUT2D eigenvalue weighted by Gasteiger charge is -2.21. The van der Waals surface area contributed by atoms with Crippen LogP contribution in [0.1, 0.15) is 19.5 Å². The fourth-order valence-electron chi connectivity index (χ4n) is 1.28. The van der Waals surface area contributed by atoms with Gasteiger partial charge in [0.15, 0.2) is 5.82 Å². The minimum atomic E-state index is -0.0417. The molecule has 0 spiro atoms. The number of nitrogens with zero attached hydrogens (tertiary/aromatic N) is 3. The molecule has 5 heteroatoms. The van der Waals surface area contributed by atoms with Crippen molar-refractivity contribution in [3.63, 3.8) is 0 Å². The first-order valence-electron chi connectivity index (χ1n) is 4.61. The van der Waals surface area contributed by atoms with Crippen molar-refractivity contribution in [1.29, 1.82) is 5.41 Å². The molecule has 5 nitrogen and oxygen atoms in total. The summed E-state index contributed by atoms with van der Waals surface area (Å²) in [5.74, 6) is 0.644. The number of anilines is 1. The van der Waals surface area contributed by atoms with E-state index in [1.165, 1.54) is 0 Å². The lowest BCUT2D eigenvalue weighted by atomic mass is 10.3. The molecule has 0 aliphatic heterocycles. The number of nitrogens with two attached hydrogens (primary N) is 1. The van der Waals surface area contributed by atoms with Crippen LogP contribution in [0, 0.1) is 5.41 Å². The fourth-order valence-corrected chi connectivity index (χ4v) is 1.28. The molecule has 0 aliphatic rings. The molecule has 0 fully saturated rings. The Kier molecular flexibility index (Phi) is 3.39. The van der Waals surface area contributed by atoms with E-state index in [4.69, 9.17) is 11.1 Å². The first-order valence-corrected chi connectivity index (χ1v) is 4.61. The molecule has 76 valence electrons. The van der Waals surface area contributed by atoms with Crippen molar-refractivity contribution in [2.45, 2.75) is 13.8 Å². The number of hydrogen-bond donors (Lipinski definition) is 2. The second kappa shape index (κ2) is 4.55. The number of nitrogens with one attached hydrogen (secondary N) is 1. The third kappa shape index (κ3) is 1.99. The lowest BCUT2D eigenvalue weighted by molar-refractivity contribution is 0.837. The summed E-state index contributed by atoms with van der Waals surface area (Å²) in [6.07, 6.45) is 3.16. The van der Waals surface area contributed by atoms with Gasteiger partial charge in [0.05, 0.1) is 0 Å². The van der Waals surface area contributed by atoms with E-state index >= 15 is 0 Å². The van der Waals surface area contributed by atoms with Crippen LogP contribution in [-0.2, 0) is 0 Å². The molecular formula is C9H15N5. The Bertz CT molecular complexity index is 319. The molecule has 14 heavy (non-hydrogen) atoms. The Morgan fingerprint density at radius 2 is 1.93 bits per heavy atom. The van der Waals surface area contributed by atoms with Crippen molar-refractivity contribution in [3.8, 4) is 0 Å². The normalized spacial score (nSPS) is 9.86. The minimum Gasteiger partial charge on any atom is -0.382 e. The molecule has 0 saturated carbocycles. The van der Waals surface area contributed by atoms with Crippen LogP contribution in [0.3, 0.4) is 0 Å². The molecule has 1 aromatic rings. The van der Waals surface area contributed by atoms with E-state index in [9.17, 15) is 0 Å². The van der Waals surface area contributed by atoms with Crippen molar-refractivity contribution < 1.29 is 0 Å². The quantitative estimate of drug-likeness (QED) is 0.542. The smallest absolute Gasteiger partial charge is 0.158 e. The van der Waals surface area contributed by atoms with Gasteiger partial charge in [0.25, 0.3) is 0 Å². The van der Waals surface area contributed by atoms with Crippen LogP contribution in [0.25, 0.3) is 0 Å². The van der Waals surface area contributed by atoms with E-state index in [1.54, 1.807) is 12.4 Å². The maximum Gasteiger partial charge on any atom is 0.158 e. The summed E-state index contributed by atoms with van der Waals surface area (Å²) >= 11 is 0. The van der Waals surface area contributed by atoms with Gasteiger partial charge in [-0.2, -0.15) is 0 Å². The van der Waals surface area contributed by atoms with E-state index in [0.29, 0.717) is 11.5 Å². The zero-order chi connectivity index (χ0) is 10.6. The highest BCUT2D eigenvalue weighted by atomic mass is 15.2. The SMILES string of the molecule is CCN(CC)c1nccnc1C(=N)N. The molecule has 1 heterocycles. The zero-order valence-electron chi connectivity index (χ0n) is 8.49. The van der Waals surface area contributed by atoms with Crippen molar-refractivity contribution >= 4 is 11.7 Å². The molecule has 3 N–H and O–H groups in total. The summed E-state index contributed by atoms with van der Waals surface area (Å²) < 4.78 is 0. The van der Waals surface area contributed by atoms with Gasteiger partial charge in [-0.15, -0.1) is 0 Å². The standard InChI is InChI=1S/C9H15N5/c1-3-14(4-2)9-7(8(10)11)12-5-6-13-9/h5-6H,3-4H2,1-2H3,(H3,10,11). The number of aromatic nitrogens is 2. The van der Waals surface area contributed by atoms with Crippen molar-refractivity contribution in [2.75, 3.05) is 18.0 Å². The highest BCUT2D eigenvalue weighted by molar-refractivity contribution is 5.97. The average molecular weight is 193 g/mol. The van der Waals surface area contributed by atoms with Gasteiger partial charge in [-0.3, -0.25) is 5.41 Å². The van der Waals surface area contributed by atoms with Crippen LogP contribution >= 0.6 is 0 Å². The molecule has 1 aromatic heterocycles. The summed E-state index contributed by atoms with van der Waals surface area (Å²) in [5.41, 5.74) is 5.87. The molecule has 0 aromatic carbocycles. The highest BCUT2D eigenvalue weighted by Gasteiger charge is 2.12. The van der Waals surface area contributed by atoms with Gasteiger partial charge >= 0.3 is 0 Å². The van der Waals surface area contributed by atoms with Crippen LogP contribution < -0.4 is 10.6 Å². The van der Waals surface area contributed by atoms with E-state index in [1.807, 2.05) is 18.7 Å². The molecular weight excluding hydrogens is 178 g/mol. The molecule has 0 amide bonds. The van der Waals surface area contributed by atoms with Crippen LogP contribution in [0.4, 0.5) is 5.82 Å². The van der Waals surface area contributed by atoms with E-state index in [2.05, 4.69) is 9.97 Å². The number of nitrogen functional groups attached to an aromatic ring is 1. The molecule has 0 atom stereocenters. The zero-order valence-corrected chi connectivity index (χ0v) is 8.49. The van der Waals surface area contributed by atoms with Gasteiger partial charge in [0.1, 0.15) is 11.5 Å². The first kappa shape index (κ1) is 10.4. The Labute approximate surface area is 83.5 Å². The maximum absolute atomic E-state index is 7.37. The molecule has 0 aliphatic carbocycles. The van der Waals surface area contributed by atoms with Gasteiger partial charge in [0, 0.05) is 25.5 Å². The molecule has 0 radical (unpaired) electrons.